The number of hydrogen-bond donors (Lipinski definition) is 3. The van der Waals surface area contributed by atoms with E-state index in [4.69, 9.17) is 4.98 Å². The predicted molar refractivity (Wildman–Crippen MR) is 118 cm³/mol. The standard InChI is InChI=1S/C23H21N7/c1-14-15(2)29-30-22(14)28-20-10-11-24-21(27-20)13-16-6-5-7-17(12-16)23-25-18-8-3-4-9-19(18)26-23/h3-12H,13H2,1-2H3,(H,25,26)(H2,24,27,28,29,30). The van der Waals surface area contributed by atoms with E-state index in [1.807, 2.05) is 50.2 Å². The lowest BCUT2D eigenvalue weighted by Crippen LogP contribution is -2.01. The summed E-state index contributed by atoms with van der Waals surface area (Å²) in [5.41, 5.74) is 6.27. The van der Waals surface area contributed by atoms with Crippen LogP contribution in [0.4, 0.5) is 11.6 Å². The fraction of sp³-hybridized carbons (Fsp3) is 0.130. The van der Waals surface area contributed by atoms with E-state index in [1.54, 1.807) is 6.20 Å². The number of nitrogens with one attached hydrogen (secondary N) is 3. The van der Waals surface area contributed by atoms with E-state index in [1.165, 1.54) is 0 Å². The van der Waals surface area contributed by atoms with Crippen molar-refractivity contribution in [2.24, 2.45) is 0 Å². The third kappa shape index (κ3) is 3.53. The molecule has 0 unspecified atom stereocenters. The molecule has 0 saturated heterocycles. The molecule has 0 atom stereocenters. The van der Waals surface area contributed by atoms with Gasteiger partial charge in [-0.25, -0.2) is 15.0 Å². The summed E-state index contributed by atoms with van der Waals surface area (Å²) in [6.45, 7) is 4.01. The monoisotopic (exact) mass is 395 g/mol. The van der Waals surface area contributed by atoms with Gasteiger partial charge in [0, 0.05) is 29.4 Å². The highest BCUT2D eigenvalue weighted by Gasteiger charge is 2.09. The summed E-state index contributed by atoms with van der Waals surface area (Å²) < 4.78 is 0. The molecule has 0 radical (unpaired) electrons. The number of aromatic nitrogens is 6. The van der Waals surface area contributed by atoms with E-state index in [0.717, 1.165) is 56.7 Å². The van der Waals surface area contributed by atoms with Gasteiger partial charge in [-0.1, -0.05) is 30.3 Å². The summed E-state index contributed by atoms with van der Waals surface area (Å²) in [5, 5.41) is 10.5. The van der Waals surface area contributed by atoms with Crippen LogP contribution in [-0.2, 0) is 6.42 Å². The number of hydrogen-bond acceptors (Lipinski definition) is 5. The van der Waals surface area contributed by atoms with Gasteiger partial charge in [0.05, 0.1) is 11.0 Å². The molecule has 0 saturated carbocycles. The van der Waals surface area contributed by atoms with E-state index >= 15 is 0 Å². The van der Waals surface area contributed by atoms with E-state index in [-0.39, 0.29) is 0 Å². The summed E-state index contributed by atoms with van der Waals surface area (Å²) >= 11 is 0. The molecule has 7 heteroatoms. The lowest BCUT2D eigenvalue weighted by molar-refractivity contribution is 0.968. The minimum atomic E-state index is 0.627. The molecule has 0 bridgehead atoms. The minimum Gasteiger partial charge on any atom is -0.338 e. The zero-order valence-corrected chi connectivity index (χ0v) is 16.8. The maximum absolute atomic E-state index is 4.70. The molecule has 0 aliphatic carbocycles. The lowest BCUT2D eigenvalue weighted by atomic mass is 10.1. The predicted octanol–water partition coefficient (Wildman–Crippen LogP) is 4.69. The van der Waals surface area contributed by atoms with E-state index in [9.17, 15) is 0 Å². The Morgan fingerprint density at radius 2 is 1.87 bits per heavy atom. The Balaban J connectivity index is 1.38. The van der Waals surface area contributed by atoms with Gasteiger partial charge in [-0.3, -0.25) is 5.10 Å². The topological polar surface area (TPSA) is 95.2 Å². The van der Waals surface area contributed by atoms with Gasteiger partial charge in [-0.2, -0.15) is 5.10 Å². The average Bonchev–Trinajstić information content (AvgIpc) is 3.33. The zero-order chi connectivity index (χ0) is 20.5. The average molecular weight is 395 g/mol. The summed E-state index contributed by atoms with van der Waals surface area (Å²) in [5.74, 6) is 3.11. The van der Waals surface area contributed by atoms with Crippen molar-refractivity contribution < 1.29 is 0 Å². The number of imidazole rings is 1. The molecule has 5 rings (SSSR count). The molecule has 148 valence electrons. The maximum atomic E-state index is 4.70. The van der Waals surface area contributed by atoms with Crippen LogP contribution in [0.2, 0.25) is 0 Å². The molecular weight excluding hydrogens is 374 g/mol. The van der Waals surface area contributed by atoms with Crippen LogP contribution in [0.15, 0.2) is 60.8 Å². The van der Waals surface area contributed by atoms with Crippen LogP contribution in [0.25, 0.3) is 22.4 Å². The number of fused-ring (bicyclic) bond motifs is 1. The SMILES string of the molecule is Cc1[nH]nc(Nc2ccnc(Cc3cccc(-c4nc5ccccc5[nH]4)c3)n2)c1C. The van der Waals surface area contributed by atoms with Gasteiger partial charge >= 0.3 is 0 Å². The second-order valence-corrected chi connectivity index (χ2v) is 7.29. The molecule has 0 aliphatic heterocycles. The first-order valence-corrected chi connectivity index (χ1v) is 9.80. The number of anilines is 2. The van der Waals surface area contributed by atoms with Crippen molar-refractivity contribution in [1.29, 1.82) is 0 Å². The first-order chi connectivity index (χ1) is 14.7. The van der Waals surface area contributed by atoms with Crippen molar-refractivity contribution >= 4 is 22.7 Å². The van der Waals surface area contributed by atoms with Gasteiger partial charge in [-0.05, 0) is 43.7 Å². The Kier molecular flexibility index (Phi) is 4.48. The van der Waals surface area contributed by atoms with Gasteiger partial charge in [0.1, 0.15) is 17.5 Å². The van der Waals surface area contributed by atoms with Crippen molar-refractivity contribution in [1.82, 2.24) is 30.1 Å². The van der Waals surface area contributed by atoms with E-state index in [2.05, 4.69) is 48.7 Å². The third-order valence-electron chi connectivity index (χ3n) is 5.16. The molecule has 30 heavy (non-hydrogen) atoms. The second-order valence-electron chi connectivity index (χ2n) is 7.29. The van der Waals surface area contributed by atoms with Crippen molar-refractivity contribution in [3.8, 4) is 11.4 Å². The normalized spacial score (nSPS) is 11.1. The molecule has 3 N–H and O–H groups in total. The van der Waals surface area contributed by atoms with Crippen LogP contribution >= 0.6 is 0 Å². The summed E-state index contributed by atoms with van der Waals surface area (Å²) in [6.07, 6.45) is 2.39. The highest BCUT2D eigenvalue weighted by atomic mass is 15.2. The highest BCUT2D eigenvalue weighted by molar-refractivity contribution is 5.79. The van der Waals surface area contributed by atoms with Crippen LogP contribution in [0.5, 0.6) is 0 Å². The van der Waals surface area contributed by atoms with E-state index in [0.29, 0.717) is 6.42 Å². The summed E-state index contributed by atoms with van der Waals surface area (Å²) in [7, 11) is 0. The Bertz CT molecular complexity index is 1300. The van der Waals surface area contributed by atoms with Gasteiger partial charge in [-0.15, -0.1) is 0 Å². The number of aromatic amines is 2. The van der Waals surface area contributed by atoms with Gasteiger partial charge in [0.25, 0.3) is 0 Å². The van der Waals surface area contributed by atoms with E-state index < -0.39 is 0 Å². The fourth-order valence-corrected chi connectivity index (χ4v) is 3.38. The quantitative estimate of drug-likeness (QED) is 0.401. The Hall–Kier alpha value is -4.00. The molecule has 2 aromatic carbocycles. The van der Waals surface area contributed by atoms with Crippen LogP contribution in [0.3, 0.4) is 0 Å². The molecule has 0 amide bonds. The number of para-hydroxylation sites is 2. The third-order valence-corrected chi connectivity index (χ3v) is 5.16. The fourth-order valence-electron chi connectivity index (χ4n) is 3.38. The number of aryl methyl sites for hydroxylation is 1. The number of nitrogens with zero attached hydrogens (tertiary/aromatic N) is 4. The van der Waals surface area contributed by atoms with Crippen LogP contribution in [0.1, 0.15) is 22.6 Å². The van der Waals surface area contributed by atoms with Gasteiger partial charge < -0.3 is 10.3 Å². The molecule has 0 spiro atoms. The molecule has 0 fully saturated rings. The largest absolute Gasteiger partial charge is 0.338 e. The molecule has 0 aliphatic rings. The first kappa shape index (κ1) is 18.1. The van der Waals surface area contributed by atoms with Crippen molar-refractivity contribution in [2.45, 2.75) is 20.3 Å². The molecule has 5 aromatic rings. The van der Waals surface area contributed by atoms with Gasteiger partial charge in [0.2, 0.25) is 0 Å². The number of rotatable bonds is 5. The van der Waals surface area contributed by atoms with Crippen LogP contribution < -0.4 is 5.32 Å². The zero-order valence-electron chi connectivity index (χ0n) is 16.8. The van der Waals surface area contributed by atoms with Crippen LogP contribution in [0, 0.1) is 13.8 Å². The summed E-state index contributed by atoms with van der Waals surface area (Å²) in [6, 6.07) is 18.2. The number of benzene rings is 2. The van der Waals surface area contributed by atoms with Crippen LogP contribution in [-0.4, -0.2) is 30.1 Å². The smallest absolute Gasteiger partial charge is 0.156 e. The molecule has 3 heterocycles. The second kappa shape index (κ2) is 7.44. The summed E-state index contributed by atoms with van der Waals surface area (Å²) in [4.78, 5) is 17.2. The molecule has 3 aromatic heterocycles. The molecule has 7 nitrogen and oxygen atoms in total. The van der Waals surface area contributed by atoms with Crippen molar-refractivity contribution in [3.05, 3.63) is 83.4 Å². The van der Waals surface area contributed by atoms with Crippen molar-refractivity contribution in [2.75, 3.05) is 5.32 Å². The number of H-pyrrole nitrogens is 2. The maximum Gasteiger partial charge on any atom is 0.156 e. The first-order valence-electron chi connectivity index (χ1n) is 9.80. The van der Waals surface area contributed by atoms with Gasteiger partial charge in [0.15, 0.2) is 5.82 Å². The van der Waals surface area contributed by atoms with Crippen molar-refractivity contribution in [3.63, 3.8) is 0 Å². The highest BCUT2D eigenvalue weighted by Crippen LogP contribution is 2.23. The minimum absolute atomic E-state index is 0.627. The Morgan fingerprint density at radius 3 is 2.70 bits per heavy atom. The molecular formula is C23H21N7. The lowest BCUT2D eigenvalue weighted by Gasteiger charge is -2.07. The Labute approximate surface area is 173 Å². The Morgan fingerprint density at radius 1 is 0.967 bits per heavy atom.